The molecule has 11 rings (SSSR count). The van der Waals surface area contributed by atoms with Crippen LogP contribution in [0.5, 0.6) is 0 Å². The van der Waals surface area contributed by atoms with Crippen molar-refractivity contribution in [3.63, 3.8) is 0 Å². The minimum atomic E-state index is 0.878. The maximum Gasteiger partial charge on any atom is 0.135 e. The molecule has 0 spiro atoms. The molecule has 0 atom stereocenters. The third kappa shape index (κ3) is 4.86. The van der Waals surface area contributed by atoms with Crippen molar-refractivity contribution in [2.45, 2.75) is 0 Å². The number of benzene rings is 9. The number of nitrogens with zero attached hydrogens (tertiary/aromatic N) is 4. The molecule has 0 fully saturated rings. The molecule has 11 aromatic rings. The van der Waals surface area contributed by atoms with Crippen LogP contribution in [0.4, 0.5) is 17.1 Å². The van der Waals surface area contributed by atoms with E-state index in [0.717, 1.165) is 72.1 Å². The van der Waals surface area contributed by atoms with E-state index in [0.29, 0.717) is 0 Å². The Bertz CT molecular complexity index is 3180. The zero-order valence-electron chi connectivity index (χ0n) is 28.5. The van der Waals surface area contributed by atoms with Gasteiger partial charge in [0.1, 0.15) is 22.2 Å². The molecule has 0 radical (unpaired) electrons. The predicted octanol–water partition coefficient (Wildman–Crippen LogP) is 12.9. The van der Waals surface area contributed by atoms with Gasteiger partial charge in [-0.25, -0.2) is 0 Å². The van der Waals surface area contributed by atoms with Crippen LogP contribution in [-0.4, -0.2) is 15.0 Å². The molecule has 5 nitrogen and oxygen atoms in total. The lowest BCUT2D eigenvalue weighted by Crippen LogP contribution is -2.09. The number of anilines is 3. The zero-order chi connectivity index (χ0) is 34.9. The molecule has 0 N–H and O–H groups in total. The molecule has 9 aromatic carbocycles. The first-order chi connectivity index (χ1) is 26.2. The van der Waals surface area contributed by atoms with E-state index in [2.05, 4.69) is 144 Å². The highest BCUT2D eigenvalue weighted by molar-refractivity contribution is 6.19. The summed E-state index contributed by atoms with van der Waals surface area (Å²) in [4.78, 5) is 4.05. The lowest BCUT2D eigenvalue weighted by molar-refractivity contribution is 0.669. The predicted molar refractivity (Wildman–Crippen MR) is 219 cm³/mol. The van der Waals surface area contributed by atoms with Crippen LogP contribution in [0, 0.1) is 0 Å². The van der Waals surface area contributed by atoms with Crippen LogP contribution in [-0.2, 0) is 0 Å². The van der Waals surface area contributed by atoms with E-state index in [1.807, 2.05) is 42.5 Å². The Balaban J connectivity index is 1.01. The van der Waals surface area contributed by atoms with Crippen molar-refractivity contribution in [1.29, 1.82) is 0 Å². The van der Waals surface area contributed by atoms with E-state index >= 15 is 0 Å². The number of para-hydroxylation sites is 3. The molecular weight excluding hydrogens is 649 g/mol. The zero-order valence-corrected chi connectivity index (χ0v) is 28.5. The summed E-state index contributed by atoms with van der Waals surface area (Å²) >= 11 is 0. The second-order valence-electron chi connectivity index (χ2n) is 13.6. The number of furan rings is 1. The largest absolute Gasteiger partial charge is 0.456 e. The average molecular weight is 679 g/mol. The second-order valence-corrected chi connectivity index (χ2v) is 13.6. The van der Waals surface area contributed by atoms with Gasteiger partial charge in [-0.15, -0.1) is 10.2 Å². The van der Waals surface area contributed by atoms with Gasteiger partial charge in [0.2, 0.25) is 0 Å². The fraction of sp³-hybridized carbons (Fsp3) is 0. The molecule has 0 unspecified atom stereocenters. The third-order valence-electron chi connectivity index (χ3n) is 10.4. The van der Waals surface area contributed by atoms with Gasteiger partial charge in [-0.05, 0) is 117 Å². The molecule has 0 aliphatic heterocycles. The highest BCUT2D eigenvalue weighted by atomic mass is 16.3. The summed E-state index contributed by atoms with van der Waals surface area (Å²) in [5.74, 6) is 0. The lowest BCUT2D eigenvalue weighted by Gasteiger charge is -2.26. The maximum absolute atomic E-state index is 6.16. The first kappa shape index (κ1) is 29.5. The summed E-state index contributed by atoms with van der Waals surface area (Å²) in [5, 5.41) is 19.0. The SMILES string of the molecule is c1ccc(N(c2ccc3cc(-c4ccc5ccc6ccc7nn(-c8ccccc8)nc7c6c5c4)ccc3c2)c2ccc3oc4ccccc4c3c2)cc1. The van der Waals surface area contributed by atoms with Gasteiger partial charge >= 0.3 is 0 Å². The monoisotopic (exact) mass is 678 g/mol. The van der Waals surface area contributed by atoms with Gasteiger partial charge in [0.05, 0.1) is 5.69 Å². The molecule has 2 aromatic heterocycles. The Morgan fingerprint density at radius 2 is 1.06 bits per heavy atom. The number of aromatic nitrogens is 3. The van der Waals surface area contributed by atoms with Crippen LogP contribution in [0.3, 0.4) is 0 Å². The molecule has 5 heteroatoms. The lowest BCUT2D eigenvalue weighted by atomic mass is 9.95. The van der Waals surface area contributed by atoms with Gasteiger partial charge in [0.25, 0.3) is 0 Å². The van der Waals surface area contributed by atoms with Crippen LogP contribution >= 0.6 is 0 Å². The van der Waals surface area contributed by atoms with Crippen molar-refractivity contribution in [2.24, 2.45) is 0 Å². The fourth-order valence-electron chi connectivity index (χ4n) is 7.80. The Hall–Kier alpha value is -7.24. The van der Waals surface area contributed by atoms with Crippen molar-refractivity contribution < 1.29 is 4.42 Å². The highest BCUT2D eigenvalue weighted by Gasteiger charge is 2.17. The number of rotatable bonds is 5. The summed E-state index contributed by atoms with van der Waals surface area (Å²) in [7, 11) is 0. The Morgan fingerprint density at radius 1 is 0.415 bits per heavy atom. The van der Waals surface area contributed by atoms with Crippen molar-refractivity contribution in [3.8, 4) is 16.8 Å². The van der Waals surface area contributed by atoms with Crippen molar-refractivity contribution in [2.75, 3.05) is 4.90 Å². The first-order valence-electron chi connectivity index (χ1n) is 17.8. The molecule has 0 saturated carbocycles. The van der Waals surface area contributed by atoms with Gasteiger partial charge in [-0.3, -0.25) is 0 Å². The number of hydrogen-bond donors (Lipinski definition) is 0. The Labute approximate surface area is 304 Å². The molecule has 2 heterocycles. The van der Waals surface area contributed by atoms with Gasteiger partial charge in [-0.2, -0.15) is 4.80 Å². The molecule has 0 aliphatic rings. The van der Waals surface area contributed by atoms with Gasteiger partial charge in [0, 0.05) is 33.2 Å². The normalized spacial score (nSPS) is 11.8. The number of fused-ring (bicyclic) bond motifs is 9. The summed E-state index contributed by atoms with van der Waals surface area (Å²) in [6, 6.07) is 64.2. The summed E-state index contributed by atoms with van der Waals surface area (Å²) in [6.45, 7) is 0. The highest BCUT2D eigenvalue weighted by Crippen LogP contribution is 2.40. The first-order valence-corrected chi connectivity index (χ1v) is 17.8. The molecule has 248 valence electrons. The minimum Gasteiger partial charge on any atom is -0.456 e. The topological polar surface area (TPSA) is 47.1 Å². The van der Waals surface area contributed by atoms with E-state index < -0.39 is 0 Å². The van der Waals surface area contributed by atoms with E-state index in [-0.39, 0.29) is 0 Å². The van der Waals surface area contributed by atoms with Gasteiger partial charge < -0.3 is 9.32 Å². The van der Waals surface area contributed by atoms with Crippen LogP contribution in [0.25, 0.3) is 82.1 Å². The molecular formula is C48H30N4O. The third-order valence-corrected chi connectivity index (χ3v) is 10.4. The average Bonchev–Trinajstić information content (AvgIpc) is 3.83. The van der Waals surface area contributed by atoms with Crippen LogP contribution in [0.1, 0.15) is 0 Å². The molecule has 0 bridgehead atoms. The van der Waals surface area contributed by atoms with Crippen LogP contribution in [0.15, 0.2) is 186 Å². The van der Waals surface area contributed by atoms with Crippen molar-refractivity contribution in [1.82, 2.24) is 15.0 Å². The standard InChI is InChI=1S/C48H30N4O/c1-3-9-37(10-4-1)51(40-24-26-46-43(30-40)41-13-7-8-14-45(41)53-46)39-23-21-34-27-33(19-20-35(34)28-39)36-18-16-31-15-17-32-22-25-44-48(47(32)42(31)29-36)50-52(49-44)38-11-5-2-6-12-38/h1-30H. The maximum atomic E-state index is 6.16. The fourth-order valence-corrected chi connectivity index (χ4v) is 7.80. The van der Waals surface area contributed by atoms with E-state index in [1.165, 1.54) is 27.1 Å². The minimum absolute atomic E-state index is 0.878. The van der Waals surface area contributed by atoms with E-state index in [1.54, 1.807) is 4.80 Å². The van der Waals surface area contributed by atoms with Crippen LogP contribution < -0.4 is 4.90 Å². The van der Waals surface area contributed by atoms with E-state index in [9.17, 15) is 0 Å². The molecule has 53 heavy (non-hydrogen) atoms. The van der Waals surface area contributed by atoms with Gasteiger partial charge in [-0.1, -0.05) is 103 Å². The molecule has 0 saturated heterocycles. The Morgan fingerprint density at radius 3 is 1.94 bits per heavy atom. The second kappa shape index (κ2) is 11.7. The molecule has 0 amide bonds. The van der Waals surface area contributed by atoms with Crippen molar-refractivity contribution >= 4 is 82.4 Å². The van der Waals surface area contributed by atoms with Crippen LogP contribution in [0.2, 0.25) is 0 Å². The quantitative estimate of drug-likeness (QED) is 0.170. The smallest absolute Gasteiger partial charge is 0.135 e. The molecule has 0 aliphatic carbocycles. The number of hydrogen-bond acceptors (Lipinski definition) is 4. The summed E-state index contributed by atoms with van der Waals surface area (Å²) in [6.07, 6.45) is 0. The summed E-state index contributed by atoms with van der Waals surface area (Å²) < 4.78 is 6.16. The van der Waals surface area contributed by atoms with Gasteiger partial charge in [0.15, 0.2) is 0 Å². The summed E-state index contributed by atoms with van der Waals surface area (Å²) in [5.41, 5.74) is 10.1. The van der Waals surface area contributed by atoms with E-state index in [4.69, 9.17) is 14.6 Å². The van der Waals surface area contributed by atoms with Crippen molar-refractivity contribution in [3.05, 3.63) is 182 Å². The Kier molecular flexibility index (Phi) is 6.48.